The molecule has 19 heavy (non-hydrogen) atoms. The van der Waals surface area contributed by atoms with E-state index < -0.39 is 10.0 Å². The van der Waals surface area contributed by atoms with Crippen LogP contribution < -0.4 is 10.5 Å². The van der Waals surface area contributed by atoms with Gasteiger partial charge in [-0.25, -0.2) is 13.1 Å². The summed E-state index contributed by atoms with van der Waals surface area (Å²) in [6.45, 7) is 0.136. The van der Waals surface area contributed by atoms with Crippen molar-refractivity contribution in [2.45, 2.75) is 11.4 Å². The molecule has 0 unspecified atom stereocenters. The second-order valence-corrected chi connectivity index (χ2v) is 5.83. The maximum atomic E-state index is 12.0. The zero-order valence-electron chi connectivity index (χ0n) is 10.2. The number of sulfonamides is 1. The maximum Gasteiger partial charge on any atom is 0.240 e. The molecule has 0 bridgehead atoms. The minimum atomic E-state index is -3.67. The fourth-order valence-corrected chi connectivity index (χ4v) is 2.58. The summed E-state index contributed by atoms with van der Waals surface area (Å²) in [6.07, 6.45) is 3.29. The lowest BCUT2D eigenvalue weighted by Crippen LogP contribution is -2.23. The van der Waals surface area contributed by atoms with E-state index in [1.54, 1.807) is 24.1 Å². The molecule has 0 fully saturated rings. The van der Waals surface area contributed by atoms with E-state index in [1.807, 2.05) is 0 Å². The number of aromatic nitrogens is 2. The predicted molar refractivity (Wildman–Crippen MR) is 69.8 cm³/mol. The Balaban J connectivity index is 2.16. The minimum absolute atomic E-state index is 0.00619. The molecule has 2 rings (SSSR count). The lowest BCUT2D eigenvalue weighted by Gasteiger charge is -2.07. The van der Waals surface area contributed by atoms with E-state index in [1.165, 1.54) is 18.2 Å². The van der Waals surface area contributed by atoms with Crippen LogP contribution in [-0.2, 0) is 23.6 Å². The van der Waals surface area contributed by atoms with Crippen LogP contribution in [0.4, 0.5) is 5.69 Å². The first kappa shape index (κ1) is 13.4. The van der Waals surface area contributed by atoms with Crippen LogP contribution >= 0.6 is 0 Å². The Hall–Kier alpha value is -2.06. The van der Waals surface area contributed by atoms with Crippen LogP contribution in [0.1, 0.15) is 5.56 Å². The summed E-state index contributed by atoms with van der Waals surface area (Å²) in [5, 5.41) is 13.2. The molecule has 2 aromatic rings. The number of phenols is 1. The van der Waals surface area contributed by atoms with Crippen molar-refractivity contribution in [1.29, 1.82) is 0 Å². The van der Waals surface area contributed by atoms with Crippen molar-refractivity contribution in [3.8, 4) is 5.75 Å². The van der Waals surface area contributed by atoms with Gasteiger partial charge in [0, 0.05) is 25.4 Å². The molecular formula is C11H14N4O3S. The molecule has 0 radical (unpaired) electrons. The van der Waals surface area contributed by atoms with Gasteiger partial charge in [-0.15, -0.1) is 0 Å². The molecule has 4 N–H and O–H groups in total. The van der Waals surface area contributed by atoms with Crippen molar-refractivity contribution in [2.24, 2.45) is 7.05 Å². The van der Waals surface area contributed by atoms with Crippen molar-refractivity contribution >= 4 is 15.7 Å². The monoisotopic (exact) mass is 282 g/mol. The molecule has 8 heteroatoms. The van der Waals surface area contributed by atoms with Crippen LogP contribution in [0, 0.1) is 0 Å². The third-order valence-corrected chi connectivity index (χ3v) is 3.93. The van der Waals surface area contributed by atoms with Gasteiger partial charge in [0.1, 0.15) is 5.75 Å². The molecule has 1 aromatic carbocycles. The summed E-state index contributed by atoms with van der Waals surface area (Å²) in [5.41, 5.74) is 6.24. The highest BCUT2D eigenvalue weighted by Crippen LogP contribution is 2.23. The average molecular weight is 282 g/mol. The van der Waals surface area contributed by atoms with Gasteiger partial charge < -0.3 is 10.8 Å². The highest BCUT2D eigenvalue weighted by atomic mass is 32.2. The van der Waals surface area contributed by atoms with Crippen molar-refractivity contribution in [3.05, 3.63) is 36.2 Å². The number of aromatic hydroxyl groups is 1. The number of benzene rings is 1. The summed E-state index contributed by atoms with van der Waals surface area (Å²) >= 11 is 0. The van der Waals surface area contributed by atoms with E-state index in [0.29, 0.717) is 0 Å². The van der Waals surface area contributed by atoms with Crippen molar-refractivity contribution in [2.75, 3.05) is 5.73 Å². The SMILES string of the molecule is Cn1cc(CNS(=O)(=O)c2ccc(O)c(N)c2)cn1. The number of aryl methyl sites for hydroxylation is 1. The molecule has 0 saturated carbocycles. The molecule has 0 aliphatic heterocycles. The van der Waals surface area contributed by atoms with Gasteiger partial charge in [-0.2, -0.15) is 5.10 Å². The van der Waals surface area contributed by atoms with Gasteiger partial charge in [0.15, 0.2) is 0 Å². The standard InChI is InChI=1S/C11H14N4O3S/c1-15-7-8(5-13-15)6-14-19(17,18)9-2-3-11(16)10(12)4-9/h2-5,7,14,16H,6,12H2,1H3. The quantitative estimate of drug-likeness (QED) is 0.547. The topological polar surface area (TPSA) is 110 Å². The van der Waals surface area contributed by atoms with Crippen LogP contribution in [-0.4, -0.2) is 23.3 Å². The number of anilines is 1. The van der Waals surface area contributed by atoms with Gasteiger partial charge in [-0.3, -0.25) is 4.68 Å². The lowest BCUT2D eigenvalue weighted by atomic mass is 10.3. The Morgan fingerprint density at radius 1 is 1.47 bits per heavy atom. The van der Waals surface area contributed by atoms with Gasteiger partial charge in [0.05, 0.1) is 16.8 Å². The van der Waals surface area contributed by atoms with E-state index in [-0.39, 0.29) is 22.9 Å². The summed E-state index contributed by atoms with van der Waals surface area (Å²) in [7, 11) is -1.92. The van der Waals surface area contributed by atoms with Gasteiger partial charge in [0.25, 0.3) is 0 Å². The number of nitrogens with zero attached hydrogens (tertiary/aromatic N) is 2. The minimum Gasteiger partial charge on any atom is -0.506 e. The van der Waals surface area contributed by atoms with Crippen molar-refractivity contribution in [1.82, 2.24) is 14.5 Å². The summed E-state index contributed by atoms with van der Waals surface area (Å²) in [6, 6.07) is 3.74. The van der Waals surface area contributed by atoms with Crippen molar-refractivity contribution < 1.29 is 13.5 Å². The molecule has 0 aliphatic rings. The smallest absolute Gasteiger partial charge is 0.240 e. The second-order valence-electron chi connectivity index (χ2n) is 4.07. The fraction of sp³-hybridized carbons (Fsp3) is 0.182. The zero-order valence-corrected chi connectivity index (χ0v) is 11.1. The van der Waals surface area contributed by atoms with E-state index in [9.17, 15) is 13.5 Å². The Morgan fingerprint density at radius 3 is 2.79 bits per heavy atom. The van der Waals surface area contributed by atoms with Gasteiger partial charge >= 0.3 is 0 Å². The van der Waals surface area contributed by atoms with Gasteiger partial charge in [-0.1, -0.05) is 0 Å². The molecule has 7 nitrogen and oxygen atoms in total. The van der Waals surface area contributed by atoms with Crippen LogP contribution in [0.25, 0.3) is 0 Å². The molecule has 102 valence electrons. The Labute approximate surface area is 110 Å². The molecule has 1 heterocycles. The predicted octanol–water partition coefficient (Wildman–Crippen LogP) is 0.186. The number of hydrogen-bond acceptors (Lipinski definition) is 5. The summed E-state index contributed by atoms with van der Waals surface area (Å²) in [5.74, 6) is -0.147. The Kier molecular flexibility index (Phi) is 3.45. The lowest BCUT2D eigenvalue weighted by molar-refractivity contribution is 0.477. The second kappa shape index (κ2) is 4.90. The number of nitrogens with two attached hydrogens (primary N) is 1. The van der Waals surface area contributed by atoms with Crippen LogP contribution in [0.2, 0.25) is 0 Å². The number of rotatable bonds is 4. The highest BCUT2D eigenvalue weighted by molar-refractivity contribution is 7.89. The molecule has 0 amide bonds. The Morgan fingerprint density at radius 2 is 2.21 bits per heavy atom. The summed E-state index contributed by atoms with van der Waals surface area (Å²) in [4.78, 5) is 0.00619. The number of nitrogens with one attached hydrogen (secondary N) is 1. The zero-order chi connectivity index (χ0) is 14.0. The third-order valence-electron chi connectivity index (χ3n) is 2.53. The molecule has 0 spiro atoms. The molecule has 0 saturated heterocycles. The largest absolute Gasteiger partial charge is 0.506 e. The third kappa shape index (κ3) is 3.04. The van der Waals surface area contributed by atoms with Crippen LogP contribution in [0.3, 0.4) is 0 Å². The molecule has 1 aromatic heterocycles. The van der Waals surface area contributed by atoms with Crippen molar-refractivity contribution in [3.63, 3.8) is 0 Å². The van der Waals surface area contributed by atoms with E-state index >= 15 is 0 Å². The summed E-state index contributed by atoms with van der Waals surface area (Å²) < 4.78 is 28.0. The van der Waals surface area contributed by atoms with Gasteiger partial charge in [-0.05, 0) is 18.2 Å². The van der Waals surface area contributed by atoms with Crippen LogP contribution in [0.5, 0.6) is 5.75 Å². The first-order valence-corrected chi connectivity index (χ1v) is 6.92. The van der Waals surface area contributed by atoms with E-state index in [4.69, 9.17) is 5.73 Å². The first-order chi connectivity index (χ1) is 8.88. The van der Waals surface area contributed by atoms with Crippen LogP contribution in [0.15, 0.2) is 35.5 Å². The number of phenolic OH excluding ortho intramolecular Hbond substituents is 1. The maximum absolute atomic E-state index is 12.0. The Bertz CT molecular complexity index is 694. The van der Waals surface area contributed by atoms with E-state index in [0.717, 1.165) is 5.56 Å². The highest BCUT2D eigenvalue weighted by Gasteiger charge is 2.15. The average Bonchev–Trinajstić information content (AvgIpc) is 2.76. The fourth-order valence-electron chi connectivity index (χ4n) is 1.52. The molecular weight excluding hydrogens is 268 g/mol. The van der Waals surface area contributed by atoms with Gasteiger partial charge in [0.2, 0.25) is 10.0 Å². The number of nitrogen functional groups attached to an aromatic ring is 1. The molecule has 0 aliphatic carbocycles. The van der Waals surface area contributed by atoms with E-state index in [2.05, 4.69) is 9.82 Å². The normalized spacial score (nSPS) is 11.6. The number of hydrogen-bond donors (Lipinski definition) is 3. The first-order valence-electron chi connectivity index (χ1n) is 5.44. The molecule has 0 atom stereocenters.